The summed E-state index contributed by atoms with van der Waals surface area (Å²) in [6.45, 7) is 5.50. The molecule has 3 aromatic rings. The summed E-state index contributed by atoms with van der Waals surface area (Å²) in [5.74, 6) is -0.344. The Labute approximate surface area is 175 Å². The van der Waals surface area contributed by atoms with Crippen molar-refractivity contribution < 1.29 is 4.79 Å². The lowest BCUT2D eigenvalue weighted by atomic mass is 10.0. The number of amides is 1. The molecule has 156 valence electrons. The zero-order chi connectivity index (χ0) is 21.1. The fourth-order valence-electron chi connectivity index (χ4n) is 4.11. The Morgan fingerprint density at radius 3 is 2.67 bits per heavy atom. The molecule has 2 aromatic heterocycles. The second-order valence-electron chi connectivity index (χ2n) is 7.77. The quantitative estimate of drug-likeness (QED) is 0.684. The van der Waals surface area contributed by atoms with Gasteiger partial charge in [-0.2, -0.15) is 5.10 Å². The molecule has 30 heavy (non-hydrogen) atoms. The number of aryl methyl sites for hydroxylation is 1. The summed E-state index contributed by atoms with van der Waals surface area (Å²) in [6.07, 6.45) is 7.18. The Morgan fingerprint density at radius 2 is 1.93 bits per heavy atom. The summed E-state index contributed by atoms with van der Waals surface area (Å²) in [4.78, 5) is 26.3. The van der Waals surface area contributed by atoms with Crippen molar-refractivity contribution in [3.8, 4) is 5.69 Å². The van der Waals surface area contributed by atoms with Crippen LogP contribution >= 0.6 is 0 Å². The van der Waals surface area contributed by atoms with Crippen LogP contribution in [0.2, 0.25) is 0 Å². The van der Waals surface area contributed by atoms with Gasteiger partial charge in [-0.05, 0) is 69.1 Å². The van der Waals surface area contributed by atoms with E-state index in [1.54, 1.807) is 15.4 Å². The molecule has 1 amide bonds. The third-order valence-electron chi connectivity index (χ3n) is 5.76. The summed E-state index contributed by atoms with van der Waals surface area (Å²) in [7, 11) is 0. The minimum atomic E-state index is -0.344. The van der Waals surface area contributed by atoms with Gasteiger partial charge in [-0.1, -0.05) is 18.2 Å². The van der Waals surface area contributed by atoms with E-state index in [4.69, 9.17) is 0 Å². The van der Waals surface area contributed by atoms with Gasteiger partial charge in [0.2, 0.25) is 0 Å². The van der Waals surface area contributed by atoms with Crippen molar-refractivity contribution in [3.05, 3.63) is 82.0 Å². The molecule has 0 saturated carbocycles. The number of carbonyl (C=O) groups is 1. The van der Waals surface area contributed by atoms with E-state index in [-0.39, 0.29) is 29.1 Å². The SMILES string of the molecule is Cc1ccn(C2CCNCC2)c(=O)c1C(=O)NC(C)c1ccccc1-n1cccn1. The van der Waals surface area contributed by atoms with E-state index in [0.29, 0.717) is 5.56 Å². The summed E-state index contributed by atoms with van der Waals surface area (Å²) in [6, 6.07) is 11.4. The molecular formula is C23H27N5O2. The summed E-state index contributed by atoms with van der Waals surface area (Å²) >= 11 is 0. The first-order valence-electron chi connectivity index (χ1n) is 10.4. The Morgan fingerprint density at radius 1 is 1.17 bits per heavy atom. The molecule has 1 aliphatic rings. The van der Waals surface area contributed by atoms with Crippen molar-refractivity contribution in [2.75, 3.05) is 13.1 Å². The first kappa shape index (κ1) is 20.1. The van der Waals surface area contributed by atoms with Crippen molar-refractivity contribution in [3.63, 3.8) is 0 Å². The highest BCUT2D eigenvalue weighted by atomic mass is 16.2. The molecule has 1 aromatic carbocycles. The molecule has 4 rings (SSSR count). The van der Waals surface area contributed by atoms with Gasteiger partial charge in [-0.15, -0.1) is 0 Å². The smallest absolute Gasteiger partial charge is 0.263 e. The average molecular weight is 406 g/mol. The highest BCUT2D eigenvalue weighted by Crippen LogP contribution is 2.22. The maximum Gasteiger partial charge on any atom is 0.263 e. The van der Waals surface area contributed by atoms with Gasteiger partial charge in [0.1, 0.15) is 5.56 Å². The van der Waals surface area contributed by atoms with E-state index in [0.717, 1.165) is 37.2 Å². The van der Waals surface area contributed by atoms with E-state index in [2.05, 4.69) is 15.7 Å². The second-order valence-corrected chi connectivity index (χ2v) is 7.77. The summed E-state index contributed by atoms with van der Waals surface area (Å²) < 4.78 is 3.50. The van der Waals surface area contributed by atoms with Gasteiger partial charge in [-0.3, -0.25) is 9.59 Å². The van der Waals surface area contributed by atoms with Gasteiger partial charge in [-0.25, -0.2) is 4.68 Å². The number of aromatic nitrogens is 3. The van der Waals surface area contributed by atoms with Crippen LogP contribution in [-0.4, -0.2) is 33.3 Å². The monoisotopic (exact) mass is 405 g/mol. The molecule has 3 heterocycles. The zero-order valence-corrected chi connectivity index (χ0v) is 17.3. The van der Waals surface area contributed by atoms with Gasteiger partial charge in [0.15, 0.2) is 0 Å². The van der Waals surface area contributed by atoms with Crippen LogP contribution < -0.4 is 16.2 Å². The van der Waals surface area contributed by atoms with Gasteiger partial charge in [0.05, 0.1) is 11.7 Å². The number of rotatable bonds is 5. The fraction of sp³-hybridized carbons (Fsp3) is 0.348. The number of hydrogen-bond acceptors (Lipinski definition) is 4. The van der Waals surface area contributed by atoms with E-state index < -0.39 is 0 Å². The standard InChI is InChI=1S/C23H27N5O2/c1-16-10-15-27(18-8-12-24-13-9-18)23(30)21(16)22(29)26-17(2)19-6-3-4-7-20(19)28-14-5-11-25-28/h3-7,10-11,14-15,17-18,24H,8-9,12-13H2,1-2H3,(H,26,29). The number of carbonyl (C=O) groups excluding carboxylic acids is 1. The predicted molar refractivity (Wildman–Crippen MR) is 116 cm³/mol. The van der Waals surface area contributed by atoms with Crippen molar-refractivity contribution >= 4 is 5.91 Å². The topological polar surface area (TPSA) is 81.0 Å². The minimum absolute atomic E-state index is 0.129. The number of pyridine rings is 1. The number of para-hydroxylation sites is 1. The van der Waals surface area contributed by atoms with E-state index in [1.807, 2.05) is 62.6 Å². The van der Waals surface area contributed by atoms with Crippen LogP contribution in [0.1, 0.15) is 53.3 Å². The van der Waals surface area contributed by atoms with Crippen LogP contribution in [0, 0.1) is 6.92 Å². The Bertz CT molecular complexity index is 1080. The molecule has 0 spiro atoms. The molecule has 1 saturated heterocycles. The van der Waals surface area contributed by atoms with E-state index in [1.165, 1.54) is 0 Å². The van der Waals surface area contributed by atoms with E-state index in [9.17, 15) is 9.59 Å². The third kappa shape index (κ3) is 3.93. The van der Waals surface area contributed by atoms with Crippen LogP contribution in [0.4, 0.5) is 0 Å². The van der Waals surface area contributed by atoms with Gasteiger partial charge < -0.3 is 15.2 Å². The second kappa shape index (κ2) is 8.67. The molecule has 0 radical (unpaired) electrons. The Hall–Kier alpha value is -3.19. The Kier molecular flexibility index (Phi) is 5.81. The normalized spacial score (nSPS) is 15.7. The molecule has 1 unspecified atom stereocenters. The van der Waals surface area contributed by atoms with Crippen LogP contribution in [0.3, 0.4) is 0 Å². The highest BCUT2D eigenvalue weighted by Gasteiger charge is 2.23. The van der Waals surface area contributed by atoms with Crippen LogP contribution in [0.25, 0.3) is 5.69 Å². The summed E-state index contributed by atoms with van der Waals surface area (Å²) in [5.41, 5.74) is 2.52. The number of nitrogens with one attached hydrogen (secondary N) is 2. The van der Waals surface area contributed by atoms with Crippen molar-refractivity contribution in [1.29, 1.82) is 0 Å². The third-order valence-corrected chi connectivity index (χ3v) is 5.76. The lowest BCUT2D eigenvalue weighted by Gasteiger charge is -2.25. The molecule has 1 fully saturated rings. The minimum Gasteiger partial charge on any atom is -0.345 e. The van der Waals surface area contributed by atoms with Gasteiger partial charge in [0.25, 0.3) is 11.5 Å². The first-order chi connectivity index (χ1) is 14.6. The van der Waals surface area contributed by atoms with E-state index >= 15 is 0 Å². The summed E-state index contributed by atoms with van der Waals surface area (Å²) in [5, 5.41) is 10.6. The van der Waals surface area contributed by atoms with Crippen LogP contribution in [0.5, 0.6) is 0 Å². The fourth-order valence-corrected chi connectivity index (χ4v) is 4.11. The largest absolute Gasteiger partial charge is 0.345 e. The molecule has 1 atom stereocenters. The molecule has 0 aliphatic carbocycles. The number of piperidine rings is 1. The van der Waals surface area contributed by atoms with Crippen LogP contribution in [-0.2, 0) is 0 Å². The molecule has 1 aliphatic heterocycles. The average Bonchev–Trinajstić information content (AvgIpc) is 3.29. The lowest BCUT2D eigenvalue weighted by Crippen LogP contribution is -2.39. The van der Waals surface area contributed by atoms with Gasteiger partial charge >= 0.3 is 0 Å². The molecule has 7 heteroatoms. The Balaban J connectivity index is 1.61. The lowest BCUT2D eigenvalue weighted by molar-refractivity contribution is 0.0936. The highest BCUT2D eigenvalue weighted by molar-refractivity contribution is 5.95. The number of hydrogen-bond donors (Lipinski definition) is 2. The maximum atomic E-state index is 13.2. The number of nitrogens with zero attached hydrogens (tertiary/aromatic N) is 3. The van der Waals surface area contributed by atoms with Crippen molar-refractivity contribution in [2.24, 2.45) is 0 Å². The first-order valence-corrected chi connectivity index (χ1v) is 10.4. The molecular weight excluding hydrogens is 378 g/mol. The van der Waals surface area contributed by atoms with Gasteiger partial charge in [0, 0.05) is 24.6 Å². The predicted octanol–water partition coefficient (Wildman–Crippen LogP) is 2.76. The molecule has 7 nitrogen and oxygen atoms in total. The maximum absolute atomic E-state index is 13.2. The number of benzene rings is 1. The van der Waals surface area contributed by atoms with Crippen LogP contribution in [0.15, 0.2) is 59.8 Å². The van der Waals surface area contributed by atoms with Crippen molar-refractivity contribution in [2.45, 2.75) is 38.8 Å². The van der Waals surface area contributed by atoms with Crippen molar-refractivity contribution in [1.82, 2.24) is 25.0 Å². The zero-order valence-electron chi connectivity index (χ0n) is 17.3. The molecule has 0 bridgehead atoms. The molecule has 2 N–H and O–H groups in total.